The number of carbonyl (C=O) groups is 2. The molecule has 0 aromatic heterocycles. The van der Waals surface area contributed by atoms with Gasteiger partial charge in [0.2, 0.25) is 0 Å². The number of amides is 2. The largest absolute Gasteiger partial charge is 0.345 e. The van der Waals surface area contributed by atoms with E-state index in [1.165, 1.54) is 0 Å². The molecule has 0 bridgehead atoms. The van der Waals surface area contributed by atoms with E-state index in [1.807, 2.05) is 13.2 Å². The normalized spacial score (nSPS) is 17.6. The third-order valence-electron chi connectivity index (χ3n) is 2.73. The SMILES string of the molecule is CSCCC(C)NC(=O)C(=O)N1CCNCC1. The maximum absolute atomic E-state index is 11.8. The van der Waals surface area contributed by atoms with E-state index >= 15 is 0 Å². The van der Waals surface area contributed by atoms with Gasteiger partial charge in [-0.15, -0.1) is 0 Å². The standard InChI is InChI=1S/C11H21N3O2S/c1-9(3-8-17-2)13-10(15)11(16)14-6-4-12-5-7-14/h9,12H,3-8H2,1-2H3,(H,13,15). The second-order valence-corrected chi connectivity index (χ2v) is 5.18. The first-order valence-electron chi connectivity index (χ1n) is 5.94. The van der Waals surface area contributed by atoms with Crippen LogP contribution in [-0.2, 0) is 9.59 Å². The Bertz CT molecular complexity index is 267. The number of nitrogens with one attached hydrogen (secondary N) is 2. The molecule has 0 aromatic carbocycles. The molecule has 1 fully saturated rings. The van der Waals surface area contributed by atoms with Crippen LogP contribution in [0.4, 0.5) is 0 Å². The van der Waals surface area contributed by atoms with Crippen LogP contribution in [0, 0.1) is 0 Å². The number of hydrogen-bond acceptors (Lipinski definition) is 4. The highest BCUT2D eigenvalue weighted by molar-refractivity contribution is 7.98. The average molecular weight is 259 g/mol. The number of rotatable bonds is 4. The lowest BCUT2D eigenvalue weighted by Gasteiger charge is -2.27. The van der Waals surface area contributed by atoms with E-state index in [-0.39, 0.29) is 6.04 Å². The number of nitrogens with zero attached hydrogens (tertiary/aromatic N) is 1. The van der Waals surface area contributed by atoms with Gasteiger partial charge in [-0.25, -0.2) is 0 Å². The fourth-order valence-electron chi connectivity index (χ4n) is 1.66. The van der Waals surface area contributed by atoms with Crippen LogP contribution < -0.4 is 10.6 Å². The molecular weight excluding hydrogens is 238 g/mol. The smallest absolute Gasteiger partial charge is 0.311 e. The van der Waals surface area contributed by atoms with Gasteiger partial charge in [-0.05, 0) is 25.4 Å². The van der Waals surface area contributed by atoms with Crippen LogP contribution in [0.1, 0.15) is 13.3 Å². The van der Waals surface area contributed by atoms with Crippen molar-refractivity contribution in [3.8, 4) is 0 Å². The molecule has 0 spiro atoms. The maximum Gasteiger partial charge on any atom is 0.311 e. The van der Waals surface area contributed by atoms with Gasteiger partial charge in [0.25, 0.3) is 0 Å². The molecule has 1 atom stereocenters. The molecule has 2 N–H and O–H groups in total. The number of thioether (sulfide) groups is 1. The summed E-state index contributed by atoms with van der Waals surface area (Å²) >= 11 is 1.74. The van der Waals surface area contributed by atoms with E-state index in [2.05, 4.69) is 10.6 Å². The first-order valence-corrected chi connectivity index (χ1v) is 7.34. The molecule has 0 saturated carbocycles. The summed E-state index contributed by atoms with van der Waals surface area (Å²) in [6.45, 7) is 4.69. The van der Waals surface area contributed by atoms with E-state index in [9.17, 15) is 9.59 Å². The van der Waals surface area contributed by atoms with Crippen LogP contribution in [0.25, 0.3) is 0 Å². The van der Waals surface area contributed by atoms with Gasteiger partial charge in [0.1, 0.15) is 0 Å². The molecule has 17 heavy (non-hydrogen) atoms. The van der Waals surface area contributed by atoms with E-state index in [4.69, 9.17) is 0 Å². The number of hydrogen-bond donors (Lipinski definition) is 2. The van der Waals surface area contributed by atoms with Crippen LogP contribution in [0.5, 0.6) is 0 Å². The molecule has 98 valence electrons. The maximum atomic E-state index is 11.8. The summed E-state index contributed by atoms with van der Waals surface area (Å²) in [6.07, 6.45) is 2.92. The van der Waals surface area contributed by atoms with E-state index in [1.54, 1.807) is 16.7 Å². The predicted octanol–water partition coefficient (Wildman–Crippen LogP) is -0.324. The lowest BCUT2D eigenvalue weighted by Crippen LogP contribution is -2.52. The van der Waals surface area contributed by atoms with Gasteiger partial charge in [0, 0.05) is 32.2 Å². The molecule has 0 aliphatic carbocycles. The van der Waals surface area contributed by atoms with Crippen LogP contribution in [0.15, 0.2) is 0 Å². The van der Waals surface area contributed by atoms with Crippen molar-refractivity contribution in [3.63, 3.8) is 0 Å². The van der Waals surface area contributed by atoms with E-state index in [0.717, 1.165) is 25.3 Å². The highest BCUT2D eigenvalue weighted by atomic mass is 32.2. The molecule has 5 nitrogen and oxygen atoms in total. The van der Waals surface area contributed by atoms with Crippen molar-refractivity contribution in [1.29, 1.82) is 0 Å². The number of piperazine rings is 1. The summed E-state index contributed by atoms with van der Waals surface area (Å²) in [5.74, 6) is 0.117. The zero-order valence-electron chi connectivity index (χ0n) is 10.5. The second-order valence-electron chi connectivity index (χ2n) is 4.20. The minimum Gasteiger partial charge on any atom is -0.345 e. The summed E-state index contributed by atoms with van der Waals surface area (Å²) in [4.78, 5) is 25.1. The molecule has 0 radical (unpaired) electrons. The fourth-order valence-corrected chi connectivity index (χ4v) is 2.25. The molecule has 1 rings (SSSR count). The van der Waals surface area contributed by atoms with Crippen molar-refractivity contribution >= 4 is 23.6 Å². The monoisotopic (exact) mass is 259 g/mol. The van der Waals surface area contributed by atoms with Crippen molar-refractivity contribution < 1.29 is 9.59 Å². The Labute approximate surface area is 107 Å². The molecule has 1 unspecified atom stereocenters. The Morgan fingerprint density at radius 3 is 2.65 bits per heavy atom. The van der Waals surface area contributed by atoms with Gasteiger partial charge < -0.3 is 15.5 Å². The Kier molecular flexibility index (Phi) is 6.36. The zero-order valence-corrected chi connectivity index (χ0v) is 11.3. The Morgan fingerprint density at radius 2 is 2.06 bits per heavy atom. The number of carbonyl (C=O) groups excluding carboxylic acids is 2. The second kappa shape index (κ2) is 7.55. The Hall–Kier alpha value is -0.750. The molecular formula is C11H21N3O2S. The van der Waals surface area contributed by atoms with Gasteiger partial charge >= 0.3 is 11.8 Å². The van der Waals surface area contributed by atoms with Crippen molar-refractivity contribution in [1.82, 2.24) is 15.5 Å². The fraction of sp³-hybridized carbons (Fsp3) is 0.818. The molecule has 1 saturated heterocycles. The van der Waals surface area contributed by atoms with Crippen molar-refractivity contribution in [2.75, 3.05) is 38.2 Å². The summed E-state index contributed by atoms with van der Waals surface area (Å²) < 4.78 is 0. The summed E-state index contributed by atoms with van der Waals surface area (Å²) in [5.41, 5.74) is 0. The van der Waals surface area contributed by atoms with Crippen molar-refractivity contribution in [2.24, 2.45) is 0 Å². The highest BCUT2D eigenvalue weighted by Crippen LogP contribution is 2.00. The lowest BCUT2D eigenvalue weighted by molar-refractivity contribution is -0.146. The third kappa shape index (κ3) is 4.95. The van der Waals surface area contributed by atoms with Crippen LogP contribution in [0.3, 0.4) is 0 Å². The molecule has 2 amide bonds. The zero-order chi connectivity index (χ0) is 12.7. The first-order chi connectivity index (χ1) is 8.15. The quantitative estimate of drug-likeness (QED) is 0.679. The summed E-state index contributed by atoms with van der Waals surface area (Å²) in [7, 11) is 0. The van der Waals surface area contributed by atoms with Gasteiger partial charge in [-0.2, -0.15) is 11.8 Å². The van der Waals surface area contributed by atoms with Crippen LogP contribution in [0.2, 0.25) is 0 Å². The van der Waals surface area contributed by atoms with Gasteiger partial charge in [0.15, 0.2) is 0 Å². The topological polar surface area (TPSA) is 61.4 Å². The first kappa shape index (κ1) is 14.3. The molecule has 0 aromatic rings. The highest BCUT2D eigenvalue weighted by Gasteiger charge is 2.23. The summed E-state index contributed by atoms with van der Waals surface area (Å²) in [6, 6.07) is 0.0572. The Morgan fingerprint density at radius 1 is 1.41 bits per heavy atom. The van der Waals surface area contributed by atoms with Crippen LogP contribution in [-0.4, -0.2) is 60.9 Å². The minimum atomic E-state index is -0.472. The van der Waals surface area contributed by atoms with Crippen molar-refractivity contribution in [3.05, 3.63) is 0 Å². The summed E-state index contributed by atoms with van der Waals surface area (Å²) in [5, 5.41) is 5.90. The Balaban J connectivity index is 2.32. The van der Waals surface area contributed by atoms with Gasteiger partial charge in [-0.1, -0.05) is 0 Å². The van der Waals surface area contributed by atoms with Crippen molar-refractivity contribution in [2.45, 2.75) is 19.4 Å². The van der Waals surface area contributed by atoms with E-state index < -0.39 is 11.8 Å². The van der Waals surface area contributed by atoms with Gasteiger partial charge in [0.05, 0.1) is 0 Å². The molecule has 6 heteroatoms. The molecule has 1 aliphatic heterocycles. The van der Waals surface area contributed by atoms with Crippen LogP contribution >= 0.6 is 11.8 Å². The molecule has 1 heterocycles. The predicted molar refractivity (Wildman–Crippen MR) is 70.1 cm³/mol. The van der Waals surface area contributed by atoms with E-state index in [0.29, 0.717) is 13.1 Å². The minimum absolute atomic E-state index is 0.0572. The molecule has 1 aliphatic rings. The third-order valence-corrected chi connectivity index (χ3v) is 3.37. The average Bonchev–Trinajstić information content (AvgIpc) is 2.36. The van der Waals surface area contributed by atoms with Gasteiger partial charge in [-0.3, -0.25) is 9.59 Å². The lowest BCUT2D eigenvalue weighted by atomic mass is 10.2.